The summed E-state index contributed by atoms with van der Waals surface area (Å²) in [6.45, 7) is 8.55. The maximum Gasteiger partial charge on any atom is 0.257 e. The van der Waals surface area contributed by atoms with Gasteiger partial charge in [-0.25, -0.2) is 4.98 Å². The molecule has 1 amide bonds. The first-order valence-corrected chi connectivity index (χ1v) is 19.0. The van der Waals surface area contributed by atoms with Crippen LogP contribution < -0.4 is 10.1 Å². The first-order chi connectivity index (χ1) is 23.4. The van der Waals surface area contributed by atoms with Gasteiger partial charge in [0.25, 0.3) is 5.91 Å². The van der Waals surface area contributed by atoms with Crippen molar-refractivity contribution in [3.8, 4) is 5.75 Å². The molecule has 2 atom stereocenters. The molecule has 6 rings (SSSR count). The molecule has 0 saturated carbocycles. The van der Waals surface area contributed by atoms with E-state index in [1.165, 1.54) is 5.56 Å². The van der Waals surface area contributed by atoms with Crippen molar-refractivity contribution >= 4 is 33.7 Å². The third-order valence-corrected chi connectivity index (χ3v) is 10.8. The van der Waals surface area contributed by atoms with Crippen LogP contribution in [0.2, 0.25) is 0 Å². The lowest BCUT2D eigenvalue weighted by Gasteiger charge is -2.36. The van der Waals surface area contributed by atoms with Crippen LogP contribution in [-0.2, 0) is 33.2 Å². The van der Waals surface area contributed by atoms with Crippen LogP contribution >= 0.6 is 0 Å². The van der Waals surface area contributed by atoms with Crippen LogP contribution in [0.1, 0.15) is 54.1 Å². The molecule has 0 spiro atoms. The number of imidazole rings is 1. The molecule has 2 aliphatic rings. The van der Waals surface area contributed by atoms with E-state index in [2.05, 4.69) is 63.3 Å². The minimum Gasteiger partial charge on any atom is -0.496 e. The third-order valence-electron chi connectivity index (χ3n) is 10.0. The summed E-state index contributed by atoms with van der Waals surface area (Å²) in [5.41, 5.74) is 4.75. The smallest absolute Gasteiger partial charge is 0.257 e. The van der Waals surface area contributed by atoms with Gasteiger partial charge >= 0.3 is 0 Å². The van der Waals surface area contributed by atoms with E-state index in [0.717, 1.165) is 74.4 Å². The van der Waals surface area contributed by atoms with Gasteiger partial charge in [-0.15, -0.1) is 0 Å². The van der Waals surface area contributed by atoms with Crippen molar-refractivity contribution in [3.05, 3.63) is 89.5 Å². The number of anilines is 1. The number of carbonyl (C=O) groups is 1. The zero-order valence-electron chi connectivity index (χ0n) is 28.5. The standard InChI is InChI=1S/C38H49N5O4S/c1-4-47-25-24-43-34-13-9-8-12-33(34)40-37(43)39-31-16-20-41(21-17-31)22-18-38(30-10-6-5-7-11-30)19-23-42(28-38)36(44)32-26-29(27-48(3)45)14-15-35(32)46-2/h5-15,26,31H,4,16-25,27-28H2,1-3H3,(H,39,40). The van der Waals surface area contributed by atoms with Gasteiger partial charge in [-0.3, -0.25) is 9.00 Å². The van der Waals surface area contributed by atoms with Crippen molar-refractivity contribution in [2.75, 3.05) is 64.6 Å². The second-order valence-electron chi connectivity index (χ2n) is 13.2. The molecule has 256 valence electrons. The Morgan fingerprint density at radius 1 is 1.02 bits per heavy atom. The normalized spacial score (nSPS) is 19.5. The Bertz CT molecular complexity index is 1700. The molecule has 48 heavy (non-hydrogen) atoms. The van der Waals surface area contributed by atoms with E-state index in [4.69, 9.17) is 14.5 Å². The lowest BCUT2D eigenvalue weighted by atomic mass is 9.76. The van der Waals surface area contributed by atoms with E-state index in [1.807, 2.05) is 36.1 Å². The number of amides is 1. The van der Waals surface area contributed by atoms with Gasteiger partial charge in [0.2, 0.25) is 5.95 Å². The van der Waals surface area contributed by atoms with Crippen LogP contribution in [-0.4, -0.2) is 94.8 Å². The number of piperidine rings is 1. The molecule has 0 aliphatic carbocycles. The Hall–Kier alpha value is -3.73. The lowest BCUT2D eigenvalue weighted by Crippen LogP contribution is -2.42. The van der Waals surface area contributed by atoms with E-state index in [1.54, 1.807) is 13.4 Å². The van der Waals surface area contributed by atoms with Crippen molar-refractivity contribution in [1.29, 1.82) is 0 Å². The summed E-state index contributed by atoms with van der Waals surface area (Å²) in [7, 11) is 0.603. The fourth-order valence-electron chi connectivity index (χ4n) is 7.41. The van der Waals surface area contributed by atoms with Gasteiger partial charge in [0, 0.05) is 73.6 Å². The minimum atomic E-state index is -0.994. The molecule has 2 fully saturated rings. The molecule has 1 aromatic heterocycles. The number of rotatable bonds is 14. The van der Waals surface area contributed by atoms with Gasteiger partial charge in [0.15, 0.2) is 0 Å². The van der Waals surface area contributed by atoms with Gasteiger partial charge in [0.1, 0.15) is 5.75 Å². The zero-order chi connectivity index (χ0) is 33.5. The molecule has 1 N–H and O–H groups in total. The number of nitrogens with one attached hydrogen (secondary N) is 1. The van der Waals surface area contributed by atoms with Crippen LogP contribution in [0.25, 0.3) is 11.0 Å². The average molecular weight is 672 g/mol. The number of nitrogens with zero attached hydrogens (tertiary/aromatic N) is 4. The van der Waals surface area contributed by atoms with Gasteiger partial charge in [-0.05, 0) is 74.5 Å². The summed E-state index contributed by atoms with van der Waals surface area (Å²) >= 11 is 0. The number of fused-ring (bicyclic) bond motifs is 1. The summed E-state index contributed by atoms with van der Waals surface area (Å²) < 4.78 is 25.4. The van der Waals surface area contributed by atoms with E-state index < -0.39 is 10.8 Å². The number of hydrogen-bond donors (Lipinski definition) is 1. The number of para-hydroxylation sites is 2. The fourth-order valence-corrected chi connectivity index (χ4v) is 8.06. The van der Waals surface area contributed by atoms with Crippen LogP contribution in [0.3, 0.4) is 0 Å². The number of methoxy groups -OCH3 is 1. The molecule has 10 heteroatoms. The SMILES string of the molecule is CCOCCn1c(NC2CCN(CCC3(c4ccccc4)CCN(C(=O)c4cc(CS(C)=O)ccc4OC)C3)CC2)nc2ccccc21. The van der Waals surface area contributed by atoms with Crippen molar-refractivity contribution in [2.24, 2.45) is 0 Å². The van der Waals surface area contributed by atoms with Crippen LogP contribution in [0, 0.1) is 0 Å². The van der Waals surface area contributed by atoms with Crippen LogP contribution in [0.5, 0.6) is 5.75 Å². The topological polar surface area (TPSA) is 88.9 Å². The lowest BCUT2D eigenvalue weighted by molar-refractivity contribution is 0.0776. The van der Waals surface area contributed by atoms with Crippen LogP contribution in [0.4, 0.5) is 5.95 Å². The second-order valence-corrected chi connectivity index (χ2v) is 14.6. The van der Waals surface area contributed by atoms with Gasteiger partial charge in [0.05, 0.1) is 30.3 Å². The monoisotopic (exact) mass is 671 g/mol. The number of benzene rings is 3. The van der Waals surface area contributed by atoms with E-state index >= 15 is 0 Å². The molecule has 2 aliphatic heterocycles. The number of ether oxygens (including phenoxy) is 2. The number of carbonyl (C=O) groups excluding carboxylic acids is 1. The quantitative estimate of drug-likeness (QED) is 0.172. The molecule has 9 nitrogen and oxygen atoms in total. The maximum absolute atomic E-state index is 14.0. The summed E-state index contributed by atoms with van der Waals surface area (Å²) in [5.74, 6) is 1.88. The van der Waals surface area contributed by atoms with E-state index in [9.17, 15) is 9.00 Å². The zero-order valence-corrected chi connectivity index (χ0v) is 29.3. The van der Waals surface area contributed by atoms with Crippen molar-refractivity contribution in [3.63, 3.8) is 0 Å². The Balaban J connectivity index is 1.10. The molecular formula is C38H49N5O4S. The summed E-state index contributed by atoms with van der Waals surface area (Å²) in [6, 6.07) is 25.0. The minimum absolute atomic E-state index is 0.0208. The maximum atomic E-state index is 14.0. The summed E-state index contributed by atoms with van der Waals surface area (Å²) in [5, 5.41) is 3.77. The summed E-state index contributed by atoms with van der Waals surface area (Å²) in [6.07, 6.45) is 5.69. The molecular weight excluding hydrogens is 623 g/mol. The number of aromatic nitrogens is 2. The molecule has 3 heterocycles. The molecule has 3 aromatic carbocycles. The Labute approximate surface area is 287 Å². The first-order valence-electron chi connectivity index (χ1n) is 17.2. The number of likely N-dealkylation sites (tertiary alicyclic amines) is 2. The van der Waals surface area contributed by atoms with Crippen molar-refractivity contribution in [2.45, 2.75) is 56.4 Å². The highest BCUT2D eigenvalue weighted by Gasteiger charge is 2.42. The molecule has 2 saturated heterocycles. The summed E-state index contributed by atoms with van der Waals surface area (Å²) in [4.78, 5) is 23.5. The molecule has 4 aromatic rings. The number of hydrogen-bond acceptors (Lipinski definition) is 7. The highest BCUT2D eigenvalue weighted by Crippen LogP contribution is 2.39. The van der Waals surface area contributed by atoms with Crippen molar-refractivity contribution < 1.29 is 18.5 Å². The average Bonchev–Trinajstić information content (AvgIpc) is 3.70. The fraction of sp³-hybridized carbons (Fsp3) is 0.474. The van der Waals surface area contributed by atoms with E-state index in [0.29, 0.717) is 49.4 Å². The van der Waals surface area contributed by atoms with Gasteiger partial charge in [-0.1, -0.05) is 48.5 Å². The Morgan fingerprint density at radius 2 is 1.79 bits per heavy atom. The van der Waals surface area contributed by atoms with Crippen molar-refractivity contribution in [1.82, 2.24) is 19.4 Å². The second kappa shape index (κ2) is 15.7. The predicted octanol–water partition coefficient (Wildman–Crippen LogP) is 5.71. The first kappa shape index (κ1) is 34.1. The Morgan fingerprint density at radius 3 is 2.54 bits per heavy atom. The molecule has 0 radical (unpaired) electrons. The third kappa shape index (κ3) is 7.77. The molecule has 2 unspecified atom stereocenters. The predicted molar refractivity (Wildman–Crippen MR) is 193 cm³/mol. The Kier molecular flexibility index (Phi) is 11.1. The van der Waals surface area contributed by atoms with Gasteiger partial charge in [-0.2, -0.15) is 0 Å². The highest BCUT2D eigenvalue weighted by molar-refractivity contribution is 7.83. The van der Waals surface area contributed by atoms with Gasteiger partial charge < -0.3 is 29.2 Å². The highest BCUT2D eigenvalue weighted by atomic mass is 32.2. The van der Waals surface area contributed by atoms with E-state index in [-0.39, 0.29) is 11.3 Å². The molecule has 0 bridgehead atoms. The largest absolute Gasteiger partial charge is 0.496 e. The van der Waals surface area contributed by atoms with Crippen LogP contribution in [0.15, 0.2) is 72.8 Å².